The molecule has 9 heteroatoms. The van der Waals surface area contributed by atoms with E-state index in [9.17, 15) is 26.4 Å². The molecule has 1 aromatic carbocycles. The van der Waals surface area contributed by atoms with Crippen LogP contribution in [0.15, 0.2) is 29.2 Å². The lowest BCUT2D eigenvalue weighted by atomic mass is 9.85. The largest absolute Gasteiger partial charge is 0.391 e. The zero-order valence-electron chi connectivity index (χ0n) is 13.1. The van der Waals surface area contributed by atoms with Crippen molar-refractivity contribution in [2.45, 2.75) is 42.8 Å². The van der Waals surface area contributed by atoms with Crippen LogP contribution in [0.2, 0.25) is 0 Å². The van der Waals surface area contributed by atoms with E-state index in [2.05, 4.69) is 10.0 Å². The predicted molar refractivity (Wildman–Crippen MR) is 82.0 cm³/mol. The van der Waals surface area contributed by atoms with Crippen molar-refractivity contribution >= 4 is 15.9 Å². The first kappa shape index (κ1) is 18.7. The fourth-order valence-electron chi connectivity index (χ4n) is 2.81. The Kier molecular flexibility index (Phi) is 5.54. The lowest BCUT2D eigenvalue weighted by Gasteiger charge is -2.31. The summed E-state index contributed by atoms with van der Waals surface area (Å²) in [6.45, 7) is 0. The molecule has 0 aliphatic heterocycles. The van der Waals surface area contributed by atoms with Gasteiger partial charge >= 0.3 is 6.18 Å². The summed E-state index contributed by atoms with van der Waals surface area (Å²) in [5.74, 6) is -1.98. The van der Waals surface area contributed by atoms with E-state index in [0.29, 0.717) is 12.8 Å². The zero-order valence-corrected chi connectivity index (χ0v) is 13.9. The topological polar surface area (TPSA) is 75.3 Å². The number of hydrogen-bond acceptors (Lipinski definition) is 3. The maximum Gasteiger partial charge on any atom is 0.391 e. The molecule has 1 aliphatic carbocycles. The van der Waals surface area contributed by atoms with Gasteiger partial charge in [0, 0.05) is 11.6 Å². The maximum atomic E-state index is 12.8. The number of alkyl halides is 3. The van der Waals surface area contributed by atoms with Gasteiger partial charge in [0.15, 0.2) is 0 Å². The van der Waals surface area contributed by atoms with Gasteiger partial charge in [0.1, 0.15) is 0 Å². The molecule has 1 fully saturated rings. The Labute approximate surface area is 138 Å². The number of amides is 1. The highest BCUT2D eigenvalue weighted by molar-refractivity contribution is 7.89. The number of carbonyl (C=O) groups is 1. The Bertz CT molecular complexity index is 704. The van der Waals surface area contributed by atoms with Crippen molar-refractivity contribution in [3.8, 4) is 0 Å². The van der Waals surface area contributed by atoms with Crippen LogP contribution in [0.5, 0.6) is 0 Å². The minimum atomic E-state index is -4.26. The van der Waals surface area contributed by atoms with Crippen molar-refractivity contribution in [3.63, 3.8) is 0 Å². The second kappa shape index (κ2) is 7.10. The van der Waals surface area contributed by atoms with Crippen molar-refractivity contribution in [2.24, 2.45) is 5.92 Å². The highest BCUT2D eigenvalue weighted by Gasteiger charge is 2.42. The predicted octanol–water partition coefficient (Wildman–Crippen LogP) is 2.45. The molecule has 2 atom stereocenters. The summed E-state index contributed by atoms with van der Waals surface area (Å²) in [7, 11) is -2.44. The van der Waals surface area contributed by atoms with E-state index in [1.165, 1.54) is 31.3 Å². The standard InChI is InChI=1S/C15H19F3N2O3S/c1-19-24(22,23)13-7-2-4-10(8-13)14(21)20-12-6-3-5-11(9-12)15(16,17)18/h2,4,7-8,11-12,19H,3,5-6,9H2,1H3,(H,20,21)/t11-,12-/m0/s1. The van der Waals surface area contributed by atoms with Crippen molar-refractivity contribution in [1.29, 1.82) is 0 Å². The molecule has 1 amide bonds. The lowest BCUT2D eigenvalue weighted by Crippen LogP contribution is -2.41. The molecule has 1 aliphatic rings. The Balaban J connectivity index is 2.09. The molecule has 5 nitrogen and oxygen atoms in total. The number of hydrogen-bond donors (Lipinski definition) is 2. The minimum absolute atomic E-state index is 0.0746. The highest BCUT2D eigenvalue weighted by atomic mass is 32.2. The molecule has 0 unspecified atom stereocenters. The van der Waals surface area contributed by atoms with E-state index in [0.717, 1.165) is 0 Å². The van der Waals surface area contributed by atoms with E-state index in [1.54, 1.807) is 0 Å². The molecular formula is C15H19F3N2O3S. The van der Waals surface area contributed by atoms with E-state index >= 15 is 0 Å². The molecule has 1 aromatic rings. The smallest absolute Gasteiger partial charge is 0.349 e. The molecule has 0 saturated heterocycles. The number of nitrogens with one attached hydrogen (secondary N) is 2. The highest BCUT2D eigenvalue weighted by Crippen LogP contribution is 2.37. The first-order valence-electron chi connectivity index (χ1n) is 7.54. The molecule has 0 spiro atoms. The van der Waals surface area contributed by atoms with Gasteiger partial charge in [-0.1, -0.05) is 12.5 Å². The monoisotopic (exact) mass is 364 g/mol. The number of halogens is 3. The summed E-state index contributed by atoms with van der Waals surface area (Å²) in [6.07, 6.45) is -3.46. The average molecular weight is 364 g/mol. The third kappa shape index (κ3) is 4.47. The molecule has 0 aromatic heterocycles. The fourth-order valence-corrected chi connectivity index (χ4v) is 3.58. The summed E-state index contributed by atoms with van der Waals surface area (Å²) in [4.78, 5) is 12.2. The van der Waals surface area contributed by atoms with Crippen molar-refractivity contribution < 1.29 is 26.4 Å². The van der Waals surface area contributed by atoms with Crippen LogP contribution in [0.3, 0.4) is 0 Å². The van der Waals surface area contributed by atoms with Crippen LogP contribution in [-0.2, 0) is 10.0 Å². The van der Waals surface area contributed by atoms with Gasteiger partial charge in [-0.3, -0.25) is 4.79 Å². The minimum Gasteiger partial charge on any atom is -0.349 e. The van der Waals surface area contributed by atoms with Gasteiger partial charge in [0.2, 0.25) is 10.0 Å². The average Bonchev–Trinajstić information content (AvgIpc) is 2.54. The van der Waals surface area contributed by atoms with Crippen LogP contribution in [0, 0.1) is 5.92 Å². The van der Waals surface area contributed by atoms with Gasteiger partial charge in [-0.05, 0) is 44.5 Å². The maximum absolute atomic E-state index is 12.8. The van der Waals surface area contributed by atoms with Gasteiger partial charge in [-0.15, -0.1) is 0 Å². The Morgan fingerprint density at radius 2 is 1.96 bits per heavy atom. The molecule has 1 saturated carbocycles. The van der Waals surface area contributed by atoms with Crippen LogP contribution in [0.25, 0.3) is 0 Å². The van der Waals surface area contributed by atoms with E-state index in [1.807, 2.05) is 0 Å². The van der Waals surface area contributed by atoms with E-state index < -0.39 is 34.1 Å². The zero-order chi connectivity index (χ0) is 18.0. The van der Waals surface area contributed by atoms with Gasteiger partial charge in [-0.2, -0.15) is 13.2 Å². The van der Waals surface area contributed by atoms with E-state index in [-0.39, 0.29) is 23.3 Å². The Hall–Kier alpha value is -1.61. The summed E-state index contributed by atoms with van der Waals surface area (Å²) in [5.41, 5.74) is 0.0976. The second-order valence-electron chi connectivity index (χ2n) is 5.81. The molecule has 134 valence electrons. The SMILES string of the molecule is CNS(=O)(=O)c1cccc(C(=O)N[C@H]2CCC[C@H](C(F)(F)F)C2)c1. The van der Waals surface area contributed by atoms with Crippen LogP contribution in [-0.4, -0.2) is 33.6 Å². The molecule has 0 radical (unpaired) electrons. The van der Waals surface area contributed by atoms with Gasteiger partial charge in [0.05, 0.1) is 10.8 Å². The quantitative estimate of drug-likeness (QED) is 0.862. The first-order valence-corrected chi connectivity index (χ1v) is 9.03. The normalized spacial score (nSPS) is 22.2. The van der Waals surface area contributed by atoms with Crippen LogP contribution in [0.1, 0.15) is 36.0 Å². The van der Waals surface area contributed by atoms with Crippen LogP contribution >= 0.6 is 0 Å². The first-order chi connectivity index (χ1) is 11.1. The summed E-state index contributed by atoms with van der Waals surface area (Å²) in [6, 6.07) is 4.81. The fraction of sp³-hybridized carbons (Fsp3) is 0.533. The number of benzene rings is 1. The van der Waals surface area contributed by atoms with Crippen LogP contribution in [0.4, 0.5) is 13.2 Å². The third-order valence-electron chi connectivity index (χ3n) is 4.15. The Morgan fingerprint density at radius 1 is 1.25 bits per heavy atom. The molecule has 0 bridgehead atoms. The van der Waals surface area contributed by atoms with Crippen molar-refractivity contribution in [3.05, 3.63) is 29.8 Å². The van der Waals surface area contributed by atoms with Gasteiger partial charge < -0.3 is 5.32 Å². The molecule has 2 rings (SSSR count). The van der Waals surface area contributed by atoms with Gasteiger partial charge in [0.25, 0.3) is 5.91 Å². The van der Waals surface area contributed by atoms with Crippen LogP contribution < -0.4 is 10.0 Å². The van der Waals surface area contributed by atoms with Crippen molar-refractivity contribution in [2.75, 3.05) is 7.05 Å². The number of rotatable bonds is 4. The summed E-state index contributed by atoms with van der Waals surface area (Å²) < 4.78 is 64.1. The van der Waals surface area contributed by atoms with Gasteiger partial charge in [-0.25, -0.2) is 13.1 Å². The lowest BCUT2D eigenvalue weighted by molar-refractivity contribution is -0.183. The molecule has 0 heterocycles. The number of carbonyl (C=O) groups excluding carboxylic acids is 1. The summed E-state index contributed by atoms with van der Waals surface area (Å²) >= 11 is 0. The molecular weight excluding hydrogens is 345 g/mol. The second-order valence-corrected chi connectivity index (χ2v) is 7.70. The summed E-state index contributed by atoms with van der Waals surface area (Å²) in [5, 5.41) is 2.58. The molecule has 24 heavy (non-hydrogen) atoms. The Morgan fingerprint density at radius 3 is 2.58 bits per heavy atom. The molecule has 2 N–H and O–H groups in total. The van der Waals surface area contributed by atoms with E-state index in [4.69, 9.17) is 0 Å². The van der Waals surface area contributed by atoms with Crippen molar-refractivity contribution in [1.82, 2.24) is 10.0 Å². The third-order valence-corrected chi connectivity index (χ3v) is 5.56. The number of sulfonamides is 1.